The van der Waals surface area contributed by atoms with Crippen molar-refractivity contribution in [1.29, 1.82) is 0 Å². The topological polar surface area (TPSA) is 17.8 Å². The molecule has 0 saturated heterocycles. The molecule has 3 aromatic rings. The minimum Gasteiger partial charge on any atom is -0.324 e. The van der Waals surface area contributed by atoms with Crippen molar-refractivity contribution >= 4 is 34.2 Å². The molecule has 0 N–H and O–H groups in total. The molecule has 0 saturated carbocycles. The van der Waals surface area contributed by atoms with Crippen molar-refractivity contribution in [1.82, 2.24) is 9.55 Å². The van der Waals surface area contributed by atoms with Crippen LogP contribution in [0.4, 0.5) is 0 Å². The lowest BCUT2D eigenvalue weighted by molar-refractivity contribution is 0.786. The van der Waals surface area contributed by atoms with E-state index in [2.05, 4.69) is 15.6 Å². The maximum atomic E-state index is 6.22. The molecule has 0 bridgehead atoms. The van der Waals surface area contributed by atoms with E-state index in [9.17, 15) is 0 Å². The Kier molecular flexibility index (Phi) is 3.21. The Morgan fingerprint density at radius 3 is 2.74 bits per heavy atom. The first-order valence-corrected chi connectivity index (χ1v) is 6.76. The number of aryl methyl sites for hydroxylation is 1. The van der Waals surface area contributed by atoms with E-state index in [1.54, 1.807) is 6.07 Å². The number of halogens is 2. The van der Waals surface area contributed by atoms with Gasteiger partial charge in [0.15, 0.2) is 0 Å². The first-order valence-electron chi connectivity index (χ1n) is 6.01. The van der Waals surface area contributed by atoms with Crippen molar-refractivity contribution in [3.63, 3.8) is 0 Å². The average Bonchev–Trinajstić information content (AvgIpc) is 2.71. The van der Waals surface area contributed by atoms with Crippen LogP contribution in [0.25, 0.3) is 11.0 Å². The largest absolute Gasteiger partial charge is 0.324 e. The number of benzene rings is 2. The van der Waals surface area contributed by atoms with Gasteiger partial charge in [0, 0.05) is 10.0 Å². The standard InChI is InChI=1S/C15H12Cl2N2/c1-10-18-14-4-2-3-5-15(14)19(10)9-11-8-12(16)6-7-13(11)17/h2-8H,9H2,1H3. The van der Waals surface area contributed by atoms with Crippen molar-refractivity contribution in [3.05, 3.63) is 63.9 Å². The van der Waals surface area contributed by atoms with Crippen LogP contribution in [-0.4, -0.2) is 9.55 Å². The lowest BCUT2D eigenvalue weighted by atomic mass is 10.2. The molecule has 0 spiro atoms. The molecule has 4 heteroatoms. The molecule has 0 atom stereocenters. The van der Waals surface area contributed by atoms with Gasteiger partial charge in [-0.1, -0.05) is 35.3 Å². The second-order valence-electron chi connectivity index (χ2n) is 4.47. The second-order valence-corrected chi connectivity index (χ2v) is 5.31. The van der Waals surface area contributed by atoms with Gasteiger partial charge in [-0.15, -0.1) is 0 Å². The summed E-state index contributed by atoms with van der Waals surface area (Å²) in [6.07, 6.45) is 0. The number of hydrogen-bond donors (Lipinski definition) is 0. The van der Waals surface area contributed by atoms with Gasteiger partial charge in [-0.3, -0.25) is 0 Å². The zero-order chi connectivity index (χ0) is 13.4. The number of hydrogen-bond acceptors (Lipinski definition) is 1. The Balaban J connectivity index is 2.10. The third kappa shape index (κ3) is 2.34. The summed E-state index contributed by atoms with van der Waals surface area (Å²) >= 11 is 12.3. The highest BCUT2D eigenvalue weighted by molar-refractivity contribution is 6.33. The van der Waals surface area contributed by atoms with E-state index in [1.165, 1.54) is 0 Å². The summed E-state index contributed by atoms with van der Waals surface area (Å²) < 4.78 is 2.15. The predicted molar refractivity (Wildman–Crippen MR) is 80.0 cm³/mol. The SMILES string of the molecule is Cc1nc2ccccc2n1Cc1cc(Cl)ccc1Cl. The van der Waals surface area contributed by atoms with E-state index in [0.29, 0.717) is 11.6 Å². The maximum absolute atomic E-state index is 6.22. The highest BCUT2D eigenvalue weighted by Gasteiger charge is 2.09. The molecule has 0 unspecified atom stereocenters. The van der Waals surface area contributed by atoms with E-state index in [1.807, 2.05) is 37.3 Å². The molecule has 0 aliphatic rings. The van der Waals surface area contributed by atoms with Crippen LogP contribution in [0.1, 0.15) is 11.4 Å². The maximum Gasteiger partial charge on any atom is 0.107 e. The van der Waals surface area contributed by atoms with Crippen LogP contribution < -0.4 is 0 Å². The van der Waals surface area contributed by atoms with Crippen molar-refractivity contribution in [2.75, 3.05) is 0 Å². The van der Waals surface area contributed by atoms with Gasteiger partial charge >= 0.3 is 0 Å². The van der Waals surface area contributed by atoms with Gasteiger partial charge in [-0.2, -0.15) is 0 Å². The molecular formula is C15H12Cl2N2. The predicted octanol–water partition coefficient (Wildman–Crippen LogP) is 4.70. The summed E-state index contributed by atoms with van der Waals surface area (Å²) in [6, 6.07) is 13.6. The summed E-state index contributed by atoms with van der Waals surface area (Å²) in [5.74, 6) is 0.970. The molecule has 0 amide bonds. The number of imidazole rings is 1. The van der Waals surface area contributed by atoms with Gasteiger partial charge in [-0.05, 0) is 42.8 Å². The van der Waals surface area contributed by atoms with Crippen molar-refractivity contribution in [2.45, 2.75) is 13.5 Å². The third-order valence-electron chi connectivity index (χ3n) is 3.18. The average molecular weight is 291 g/mol. The minimum atomic E-state index is 0.672. The molecule has 1 aromatic heterocycles. The van der Waals surface area contributed by atoms with Gasteiger partial charge < -0.3 is 4.57 Å². The zero-order valence-corrected chi connectivity index (χ0v) is 11.9. The lowest BCUT2D eigenvalue weighted by Gasteiger charge is -2.09. The molecule has 19 heavy (non-hydrogen) atoms. The Morgan fingerprint density at radius 2 is 1.89 bits per heavy atom. The van der Waals surface area contributed by atoms with Crippen LogP contribution >= 0.6 is 23.2 Å². The number of fused-ring (bicyclic) bond motifs is 1. The van der Waals surface area contributed by atoms with E-state index in [-0.39, 0.29) is 0 Å². The Bertz CT molecular complexity index is 747. The van der Waals surface area contributed by atoms with Crippen LogP contribution in [0.3, 0.4) is 0 Å². The second kappa shape index (κ2) is 4.87. The zero-order valence-electron chi connectivity index (χ0n) is 10.4. The van der Waals surface area contributed by atoms with Gasteiger partial charge in [0.1, 0.15) is 5.82 Å². The molecule has 0 fully saturated rings. The lowest BCUT2D eigenvalue weighted by Crippen LogP contribution is -2.02. The molecule has 96 valence electrons. The molecule has 0 aliphatic carbocycles. The molecule has 1 heterocycles. The first kappa shape index (κ1) is 12.5. The Labute approximate surface area is 121 Å². The molecule has 0 aliphatic heterocycles. The smallest absolute Gasteiger partial charge is 0.107 e. The normalized spacial score (nSPS) is 11.1. The first-order chi connectivity index (χ1) is 9.15. The van der Waals surface area contributed by atoms with Gasteiger partial charge in [0.2, 0.25) is 0 Å². The van der Waals surface area contributed by atoms with Crippen LogP contribution in [0.15, 0.2) is 42.5 Å². The van der Waals surface area contributed by atoms with Crippen LogP contribution in [0, 0.1) is 6.92 Å². The van der Waals surface area contributed by atoms with Crippen molar-refractivity contribution in [3.8, 4) is 0 Å². The van der Waals surface area contributed by atoms with Crippen LogP contribution in [0.5, 0.6) is 0 Å². The van der Waals surface area contributed by atoms with Gasteiger partial charge in [0.25, 0.3) is 0 Å². The summed E-state index contributed by atoms with van der Waals surface area (Å²) in [5, 5.41) is 1.42. The molecule has 2 nitrogen and oxygen atoms in total. The van der Waals surface area contributed by atoms with E-state index in [0.717, 1.165) is 27.4 Å². The van der Waals surface area contributed by atoms with Crippen molar-refractivity contribution < 1.29 is 0 Å². The fourth-order valence-electron chi connectivity index (χ4n) is 2.23. The number of para-hydroxylation sites is 2. The Morgan fingerprint density at radius 1 is 1.11 bits per heavy atom. The fourth-order valence-corrected chi connectivity index (χ4v) is 2.60. The van der Waals surface area contributed by atoms with E-state index in [4.69, 9.17) is 23.2 Å². The van der Waals surface area contributed by atoms with Crippen molar-refractivity contribution in [2.24, 2.45) is 0 Å². The monoisotopic (exact) mass is 290 g/mol. The van der Waals surface area contributed by atoms with E-state index >= 15 is 0 Å². The minimum absolute atomic E-state index is 0.672. The number of rotatable bonds is 2. The molecule has 2 aromatic carbocycles. The van der Waals surface area contributed by atoms with Crippen LogP contribution in [0.2, 0.25) is 10.0 Å². The van der Waals surface area contributed by atoms with Crippen LogP contribution in [-0.2, 0) is 6.54 Å². The molecular weight excluding hydrogens is 279 g/mol. The van der Waals surface area contributed by atoms with Gasteiger partial charge in [0.05, 0.1) is 17.6 Å². The summed E-state index contributed by atoms with van der Waals surface area (Å²) in [7, 11) is 0. The summed E-state index contributed by atoms with van der Waals surface area (Å²) in [6.45, 7) is 2.67. The Hall–Kier alpha value is -1.51. The molecule has 3 rings (SSSR count). The van der Waals surface area contributed by atoms with E-state index < -0.39 is 0 Å². The van der Waals surface area contributed by atoms with Gasteiger partial charge in [-0.25, -0.2) is 4.98 Å². The fraction of sp³-hybridized carbons (Fsp3) is 0.133. The quantitative estimate of drug-likeness (QED) is 0.669. The number of nitrogens with zero attached hydrogens (tertiary/aromatic N) is 2. The number of aromatic nitrogens is 2. The highest BCUT2D eigenvalue weighted by atomic mass is 35.5. The highest BCUT2D eigenvalue weighted by Crippen LogP contribution is 2.24. The molecule has 0 radical (unpaired) electrons. The summed E-state index contributed by atoms with van der Waals surface area (Å²) in [4.78, 5) is 4.55. The summed E-state index contributed by atoms with van der Waals surface area (Å²) in [5.41, 5.74) is 3.11. The third-order valence-corrected chi connectivity index (χ3v) is 3.79.